The Morgan fingerprint density at radius 2 is 0.867 bits per heavy atom. The highest BCUT2D eigenvalue weighted by atomic mass is 16.3. The van der Waals surface area contributed by atoms with Crippen molar-refractivity contribution >= 4 is 104 Å². The lowest BCUT2D eigenvalue weighted by molar-refractivity contribution is 0.669. The van der Waals surface area contributed by atoms with Crippen LogP contribution < -0.4 is 4.90 Å². The van der Waals surface area contributed by atoms with Gasteiger partial charge in [0, 0.05) is 49.0 Å². The van der Waals surface area contributed by atoms with E-state index in [0.717, 1.165) is 121 Å². The van der Waals surface area contributed by atoms with E-state index in [1.165, 1.54) is 5.39 Å². The van der Waals surface area contributed by atoms with Crippen LogP contribution in [-0.4, -0.2) is 0 Å². The van der Waals surface area contributed by atoms with Crippen molar-refractivity contribution in [1.82, 2.24) is 0 Å². The molecule has 60 heavy (non-hydrogen) atoms. The summed E-state index contributed by atoms with van der Waals surface area (Å²) in [7, 11) is 0. The monoisotopic (exact) mass is 767 g/mol. The van der Waals surface area contributed by atoms with E-state index in [-0.39, 0.29) is 0 Å². The Morgan fingerprint density at radius 1 is 0.300 bits per heavy atom. The van der Waals surface area contributed by atoms with Crippen LogP contribution in [0.4, 0.5) is 17.1 Å². The maximum absolute atomic E-state index is 6.75. The third-order valence-electron chi connectivity index (χ3n) is 12.3. The quantitative estimate of drug-likeness (QED) is 0.175. The van der Waals surface area contributed by atoms with Crippen molar-refractivity contribution in [3.05, 3.63) is 200 Å². The lowest BCUT2D eigenvalue weighted by atomic mass is 9.97. The molecule has 0 aliphatic heterocycles. The van der Waals surface area contributed by atoms with Gasteiger partial charge in [-0.15, -0.1) is 0 Å². The van der Waals surface area contributed by atoms with E-state index in [9.17, 15) is 0 Å². The van der Waals surface area contributed by atoms with Gasteiger partial charge in [0.2, 0.25) is 0 Å². The smallest absolute Gasteiger partial charge is 0.143 e. The second-order valence-electron chi connectivity index (χ2n) is 15.6. The van der Waals surface area contributed by atoms with Gasteiger partial charge >= 0.3 is 0 Å². The molecule has 0 bridgehead atoms. The van der Waals surface area contributed by atoms with Crippen LogP contribution in [0.3, 0.4) is 0 Å². The fourth-order valence-electron chi connectivity index (χ4n) is 9.52. The average Bonchev–Trinajstić information content (AvgIpc) is 4.01. The van der Waals surface area contributed by atoms with E-state index in [1.807, 2.05) is 12.1 Å². The summed E-state index contributed by atoms with van der Waals surface area (Å²) in [6.07, 6.45) is 0. The molecule has 3 aromatic heterocycles. The summed E-state index contributed by atoms with van der Waals surface area (Å²) in [6.45, 7) is 0. The van der Waals surface area contributed by atoms with Crippen molar-refractivity contribution in [1.29, 1.82) is 0 Å². The van der Waals surface area contributed by atoms with Gasteiger partial charge in [0.1, 0.15) is 33.5 Å². The first-order chi connectivity index (χ1) is 29.7. The Labute approximate surface area is 343 Å². The minimum atomic E-state index is 0.843. The van der Waals surface area contributed by atoms with Gasteiger partial charge in [-0.1, -0.05) is 133 Å². The molecule has 10 aromatic carbocycles. The predicted molar refractivity (Wildman–Crippen MR) is 249 cm³/mol. The summed E-state index contributed by atoms with van der Waals surface area (Å²) >= 11 is 0. The van der Waals surface area contributed by atoms with Gasteiger partial charge in [-0.2, -0.15) is 0 Å². The van der Waals surface area contributed by atoms with Gasteiger partial charge in [-0.3, -0.25) is 0 Å². The summed E-state index contributed by atoms with van der Waals surface area (Å²) < 4.78 is 19.6. The molecule has 0 amide bonds. The van der Waals surface area contributed by atoms with Crippen molar-refractivity contribution in [2.45, 2.75) is 0 Å². The predicted octanol–water partition coefficient (Wildman–Crippen LogP) is 16.5. The lowest BCUT2D eigenvalue weighted by Crippen LogP contribution is -2.11. The molecule has 0 saturated heterocycles. The van der Waals surface area contributed by atoms with Crippen LogP contribution in [-0.2, 0) is 0 Å². The maximum Gasteiger partial charge on any atom is 0.143 e. The Morgan fingerprint density at radius 3 is 1.68 bits per heavy atom. The van der Waals surface area contributed by atoms with E-state index in [4.69, 9.17) is 13.3 Å². The maximum atomic E-state index is 6.75. The fraction of sp³-hybridized carbons (Fsp3) is 0. The molecule has 0 spiro atoms. The molecule has 13 aromatic rings. The number of para-hydroxylation sites is 2. The highest BCUT2D eigenvalue weighted by Crippen LogP contribution is 2.48. The first-order valence-corrected chi connectivity index (χ1v) is 20.3. The molecular formula is C56H33NO3. The second kappa shape index (κ2) is 12.7. The van der Waals surface area contributed by atoms with Gasteiger partial charge in [0.15, 0.2) is 0 Å². The Hall–Kier alpha value is -8.08. The molecule has 0 saturated carbocycles. The van der Waals surface area contributed by atoms with Crippen LogP contribution in [0.25, 0.3) is 110 Å². The molecule has 0 radical (unpaired) electrons. The lowest BCUT2D eigenvalue weighted by Gasteiger charge is -2.28. The van der Waals surface area contributed by atoms with Gasteiger partial charge < -0.3 is 18.2 Å². The van der Waals surface area contributed by atoms with E-state index in [0.29, 0.717) is 0 Å². The van der Waals surface area contributed by atoms with E-state index in [1.54, 1.807) is 0 Å². The first-order valence-electron chi connectivity index (χ1n) is 20.3. The summed E-state index contributed by atoms with van der Waals surface area (Å²) in [6, 6.07) is 70.9. The third kappa shape index (κ3) is 4.85. The van der Waals surface area contributed by atoms with Crippen molar-refractivity contribution in [3.63, 3.8) is 0 Å². The van der Waals surface area contributed by atoms with Crippen molar-refractivity contribution in [2.75, 3.05) is 4.90 Å². The number of hydrogen-bond donors (Lipinski definition) is 0. The zero-order valence-electron chi connectivity index (χ0n) is 32.2. The number of hydrogen-bond acceptors (Lipinski definition) is 4. The number of nitrogens with zero attached hydrogens (tertiary/aromatic N) is 1. The summed E-state index contributed by atoms with van der Waals surface area (Å²) in [5, 5.41) is 11.1. The molecule has 0 unspecified atom stereocenters. The molecular weight excluding hydrogens is 735 g/mol. The van der Waals surface area contributed by atoms with E-state index < -0.39 is 0 Å². The zero-order chi connectivity index (χ0) is 39.3. The number of anilines is 3. The summed E-state index contributed by atoms with van der Waals surface area (Å²) in [5.74, 6) is 0. The van der Waals surface area contributed by atoms with Gasteiger partial charge in [-0.25, -0.2) is 0 Å². The van der Waals surface area contributed by atoms with E-state index >= 15 is 0 Å². The number of fused-ring (bicyclic) bond motifs is 13. The van der Waals surface area contributed by atoms with Crippen LogP contribution >= 0.6 is 0 Å². The number of furan rings is 3. The normalized spacial score (nSPS) is 12.0. The van der Waals surface area contributed by atoms with Gasteiger partial charge in [0.05, 0.1) is 16.8 Å². The second-order valence-corrected chi connectivity index (χ2v) is 15.6. The molecule has 4 nitrogen and oxygen atoms in total. The minimum absolute atomic E-state index is 0.843. The van der Waals surface area contributed by atoms with Crippen LogP contribution in [0, 0.1) is 0 Å². The standard InChI is InChI=1S/C56H33NO3/c1-3-14-41-34(11-1)25-30-43-46-33-37(27-32-50(46)59-55(41)43)39-13-5-7-18-47(39)57(48-19-10-22-52-54(48)45-31-26-35-12-2-4-15-42(35)56(45)60-52)38-28-23-36(24-29-38)40-17-9-21-51-53(40)44-16-6-8-20-49(44)58-51/h1-33H. The van der Waals surface area contributed by atoms with Crippen LogP contribution in [0.1, 0.15) is 0 Å². The van der Waals surface area contributed by atoms with Crippen molar-refractivity contribution < 1.29 is 13.3 Å². The minimum Gasteiger partial charge on any atom is -0.456 e. The highest BCUT2D eigenvalue weighted by molar-refractivity contribution is 6.20. The molecule has 0 fully saturated rings. The average molecular weight is 768 g/mol. The number of benzene rings is 10. The highest BCUT2D eigenvalue weighted by Gasteiger charge is 2.24. The molecule has 0 atom stereocenters. The molecule has 0 aliphatic carbocycles. The Bertz CT molecular complexity index is 3850. The molecule has 13 rings (SSSR count). The van der Waals surface area contributed by atoms with E-state index in [2.05, 4.69) is 193 Å². The zero-order valence-corrected chi connectivity index (χ0v) is 32.2. The Kier molecular flexibility index (Phi) is 6.98. The molecule has 280 valence electrons. The van der Waals surface area contributed by atoms with Crippen LogP contribution in [0.5, 0.6) is 0 Å². The topological polar surface area (TPSA) is 42.7 Å². The number of rotatable bonds is 5. The third-order valence-corrected chi connectivity index (χ3v) is 12.3. The fourth-order valence-corrected chi connectivity index (χ4v) is 9.52. The SMILES string of the molecule is c1ccc(N(c2ccc(-c3cccc4oc5ccccc5c34)cc2)c2cccc3oc4c5ccccc5ccc4c23)c(-c2ccc3oc4c5ccccc5ccc4c3c2)c1. The van der Waals surface area contributed by atoms with Crippen molar-refractivity contribution in [2.24, 2.45) is 0 Å². The van der Waals surface area contributed by atoms with Crippen molar-refractivity contribution in [3.8, 4) is 22.3 Å². The van der Waals surface area contributed by atoms with Crippen LogP contribution in [0.15, 0.2) is 213 Å². The van der Waals surface area contributed by atoms with Gasteiger partial charge in [0.25, 0.3) is 0 Å². The molecule has 4 heteroatoms. The first kappa shape index (κ1) is 32.9. The largest absolute Gasteiger partial charge is 0.456 e. The molecule has 0 aliphatic rings. The summed E-state index contributed by atoms with van der Waals surface area (Å²) in [4.78, 5) is 2.39. The van der Waals surface area contributed by atoms with Gasteiger partial charge in [-0.05, 0) is 94.2 Å². The van der Waals surface area contributed by atoms with Crippen LogP contribution in [0.2, 0.25) is 0 Å². The summed E-state index contributed by atoms with van der Waals surface area (Å²) in [5.41, 5.74) is 12.9. The Balaban J connectivity index is 1.04. The molecule has 3 heterocycles. The molecule has 0 N–H and O–H groups in total.